The van der Waals surface area contributed by atoms with E-state index in [1.54, 1.807) is 5.38 Å². The van der Waals surface area contributed by atoms with Gasteiger partial charge in [0.1, 0.15) is 5.01 Å². The normalized spacial score (nSPS) is 12.6. The number of nitrogens with zero attached hydrogens (tertiary/aromatic N) is 5. The molecular weight excluding hydrogens is 336 g/mol. The third-order valence-corrected chi connectivity index (χ3v) is 4.70. The molecule has 3 heterocycles. The molecule has 2 N–H and O–H groups in total. The van der Waals surface area contributed by atoms with Crippen molar-refractivity contribution in [1.82, 2.24) is 23.3 Å². The molecule has 0 aliphatic heterocycles. The fourth-order valence-electron chi connectivity index (χ4n) is 2.73. The zero-order valence-electron chi connectivity index (χ0n) is 13.1. The third-order valence-electron chi connectivity index (χ3n) is 3.88. The molecule has 0 fully saturated rings. The minimum absolute atomic E-state index is 0.0777. The molecule has 126 valence electrons. The molecule has 3 aromatic rings. The second-order valence-electron chi connectivity index (χ2n) is 5.26. The van der Waals surface area contributed by atoms with Crippen LogP contribution in [0.15, 0.2) is 26.0 Å². The molecule has 11 heteroatoms. The van der Waals surface area contributed by atoms with Crippen molar-refractivity contribution in [2.75, 3.05) is 0 Å². The smallest absolute Gasteiger partial charge is 0.332 e. The van der Waals surface area contributed by atoms with Crippen LogP contribution in [0.25, 0.3) is 11.2 Å². The molecule has 0 radical (unpaired) electrons. The second-order valence-corrected chi connectivity index (χ2v) is 6.19. The SMILES string of the molecule is Cn1c(=O)c2c(n(C)c1=O)n(C)c(=O)n2C(C(N)=O)c1nccs1. The summed E-state index contributed by atoms with van der Waals surface area (Å²) >= 11 is 1.14. The van der Waals surface area contributed by atoms with Gasteiger partial charge in [-0.2, -0.15) is 0 Å². The number of amides is 1. The van der Waals surface area contributed by atoms with Crippen molar-refractivity contribution in [3.05, 3.63) is 47.9 Å². The summed E-state index contributed by atoms with van der Waals surface area (Å²) in [6.07, 6.45) is 1.47. The number of hydrogen-bond donors (Lipinski definition) is 1. The van der Waals surface area contributed by atoms with E-state index in [1.807, 2.05) is 0 Å². The van der Waals surface area contributed by atoms with Gasteiger partial charge in [0.2, 0.25) is 5.91 Å². The Morgan fingerprint density at radius 3 is 2.29 bits per heavy atom. The van der Waals surface area contributed by atoms with Gasteiger partial charge in [0.15, 0.2) is 17.2 Å². The van der Waals surface area contributed by atoms with Gasteiger partial charge in [-0.1, -0.05) is 0 Å². The van der Waals surface area contributed by atoms with Crippen LogP contribution in [0.2, 0.25) is 0 Å². The molecule has 3 rings (SSSR count). The summed E-state index contributed by atoms with van der Waals surface area (Å²) in [5, 5.41) is 1.92. The molecule has 0 saturated carbocycles. The van der Waals surface area contributed by atoms with Gasteiger partial charge in [-0.3, -0.25) is 27.9 Å². The van der Waals surface area contributed by atoms with E-state index in [9.17, 15) is 19.2 Å². The zero-order chi connectivity index (χ0) is 17.8. The fourth-order valence-corrected chi connectivity index (χ4v) is 3.46. The molecule has 10 nitrogen and oxygen atoms in total. The van der Waals surface area contributed by atoms with Crippen LogP contribution in [0.3, 0.4) is 0 Å². The molecule has 0 aliphatic carbocycles. The summed E-state index contributed by atoms with van der Waals surface area (Å²) in [6.45, 7) is 0. The molecule has 1 amide bonds. The van der Waals surface area contributed by atoms with E-state index >= 15 is 0 Å². The summed E-state index contributed by atoms with van der Waals surface area (Å²) in [5.41, 5.74) is 3.59. The van der Waals surface area contributed by atoms with Crippen molar-refractivity contribution >= 4 is 28.4 Å². The van der Waals surface area contributed by atoms with E-state index < -0.39 is 28.9 Å². The van der Waals surface area contributed by atoms with Crippen LogP contribution in [-0.4, -0.2) is 29.2 Å². The highest BCUT2D eigenvalue weighted by Crippen LogP contribution is 2.22. The van der Waals surface area contributed by atoms with Crippen molar-refractivity contribution in [2.24, 2.45) is 26.9 Å². The number of thiazole rings is 1. The molecule has 0 aromatic carbocycles. The van der Waals surface area contributed by atoms with Crippen LogP contribution >= 0.6 is 11.3 Å². The number of carbonyl (C=O) groups is 1. The van der Waals surface area contributed by atoms with E-state index in [1.165, 1.54) is 31.9 Å². The predicted molar refractivity (Wildman–Crippen MR) is 87.1 cm³/mol. The molecule has 0 aliphatic rings. The number of nitrogens with two attached hydrogens (primary N) is 1. The molecular formula is C13H14N6O4S. The Hall–Kier alpha value is -2.95. The fraction of sp³-hybridized carbons (Fsp3) is 0.308. The van der Waals surface area contributed by atoms with Gasteiger partial charge in [-0.25, -0.2) is 14.6 Å². The molecule has 1 atom stereocenters. The number of imidazole rings is 1. The second kappa shape index (κ2) is 5.30. The standard InChI is InChI=1S/C13H14N6O4S/c1-16-10-7(11(21)18(3)12(16)22)19(13(23)17(10)2)6(8(14)20)9-15-4-5-24-9/h4-6H,1-3H3,(H2,14,20). The Morgan fingerprint density at radius 2 is 1.75 bits per heavy atom. The van der Waals surface area contributed by atoms with Crippen LogP contribution in [0.5, 0.6) is 0 Å². The molecule has 0 saturated heterocycles. The predicted octanol–water partition coefficient (Wildman–Crippen LogP) is -1.73. The minimum atomic E-state index is -1.23. The Balaban J connectivity index is 2.57. The van der Waals surface area contributed by atoms with Gasteiger partial charge in [0.05, 0.1) is 0 Å². The zero-order valence-corrected chi connectivity index (χ0v) is 13.9. The van der Waals surface area contributed by atoms with E-state index in [-0.39, 0.29) is 16.2 Å². The van der Waals surface area contributed by atoms with Crippen LogP contribution in [0, 0.1) is 0 Å². The monoisotopic (exact) mass is 350 g/mol. The number of primary amides is 1. The molecule has 3 aromatic heterocycles. The van der Waals surface area contributed by atoms with E-state index in [2.05, 4.69) is 4.98 Å². The number of fused-ring (bicyclic) bond motifs is 1. The maximum absolute atomic E-state index is 12.7. The Bertz CT molecular complexity index is 1130. The van der Waals surface area contributed by atoms with Crippen molar-refractivity contribution in [3.63, 3.8) is 0 Å². The van der Waals surface area contributed by atoms with E-state index in [4.69, 9.17) is 5.73 Å². The topological polar surface area (TPSA) is 127 Å². The van der Waals surface area contributed by atoms with Crippen molar-refractivity contribution in [3.8, 4) is 0 Å². The summed E-state index contributed by atoms with van der Waals surface area (Å²) in [7, 11) is 4.16. The van der Waals surface area contributed by atoms with Gasteiger partial charge >= 0.3 is 11.4 Å². The number of hydrogen-bond acceptors (Lipinski definition) is 6. The van der Waals surface area contributed by atoms with Crippen molar-refractivity contribution in [2.45, 2.75) is 6.04 Å². The van der Waals surface area contributed by atoms with Gasteiger partial charge in [-0.15, -0.1) is 11.3 Å². The highest BCUT2D eigenvalue weighted by atomic mass is 32.1. The highest BCUT2D eigenvalue weighted by Gasteiger charge is 2.30. The Kier molecular flexibility index (Phi) is 3.52. The molecule has 0 bridgehead atoms. The first-order valence-electron chi connectivity index (χ1n) is 6.83. The molecule has 24 heavy (non-hydrogen) atoms. The van der Waals surface area contributed by atoms with Gasteiger partial charge in [-0.05, 0) is 0 Å². The summed E-state index contributed by atoms with van der Waals surface area (Å²) < 4.78 is 4.19. The van der Waals surface area contributed by atoms with Crippen molar-refractivity contribution < 1.29 is 4.79 Å². The van der Waals surface area contributed by atoms with Crippen LogP contribution in [0.1, 0.15) is 11.0 Å². The van der Waals surface area contributed by atoms with Crippen LogP contribution in [0.4, 0.5) is 0 Å². The highest BCUT2D eigenvalue weighted by molar-refractivity contribution is 7.09. The van der Waals surface area contributed by atoms with Crippen molar-refractivity contribution in [1.29, 1.82) is 0 Å². The number of rotatable bonds is 3. The third kappa shape index (κ3) is 1.98. The summed E-state index contributed by atoms with van der Waals surface area (Å²) in [4.78, 5) is 53.4. The van der Waals surface area contributed by atoms with Crippen LogP contribution in [-0.2, 0) is 25.9 Å². The van der Waals surface area contributed by atoms with E-state index in [0.29, 0.717) is 0 Å². The number of aryl methyl sites for hydroxylation is 2. The first kappa shape index (κ1) is 15.9. The average molecular weight is 350 g/mol. The quantitative estimate of drug-likeness (QED) is 0.600. The number of aromatic nitrogens is 5. The minimum Gasteiger partial charge on any atom is -0.367 e. The van der Waals surface area contributed by atoms with Crippen LogP contribution < -0.4 is 22.7 Å². The number of carbonyl (C=O) groups excluding carboxylic acids is 1. The van der Waals surface area contributed by atoms with Gasteiger partial charge < -0.3 is 5.73 Å². The lowest BCUT2D eigenvalue weighted by molar-refractivity contribution is -0.120. The van der Waals surface area contributed by atoms with E-state index in [0.717, 1.165) is 25.0 Å². The Labute approximate surface area is 138 Å². The summed E-state index contributed by atoms with van der Waals surface area (Å²) in [6, 6.07) is -1.23. The first-order valence-corrected chi connectivity index (χ1v) is 7.71. The van der Waals surface area contributed by atoms with Gasteiger partial charge in [0, 0.05) is 32.7 Å². The van der Waals surface area contributed by atoms with Gasteiger partial charge in [0.25, 0.3) is 5.56 Å². The first-order chi connectivity index (χ1) is 11.3. The lowest BCUT2D eigenvalue weighted by atomic mass is 10.3. The molecule has 1 unspecified atom stereocenters. The largest absolute Gasteiger partial charge is 0.367 e. The maximum Gasteiger partial charge on any atom is 0.332 e. The lowest BCUT2D eigenvalue weighted by Crippen LogP contribution is -2.39. The Morgan fingerprint density at radius 1 is 1.12 bits per heavy atom. The average Bonchev–Trinajstić information content (AvgIpc) is 3.13. The maximum atomic E-state index is 12.7. The molecule has 0 spiro atoms. The lowest BCUT2D eigenvalue weighted by Gasteiger charge is -2.12. The summed E-state index contributed by atoms with van der Waals surface area (Å²) in [5.74, 6) is -0.824.